The van der Waals surface area contributed by atoms with Crippen molar-refractivity contribution in [1.82, 2.24) is 9.97 Å². The predicted octanol–water partition coefficient (Wildman–Crippen LogP) is 5.04. The molecule has 2 aromatic heterocycles. The van der Waals surface area contributed by atoms with Gasteiger partial charge in [-0.1, -0.05) is 6.92 Å². The highest BCUT2D eigenvalue weighted by Crippen LogP contribution is 2.37. The van der Waals surface area contributed by atoms with E-state index in [2.05, 4.69) is 21.8 Å². The number of aromatic nitrogens is 2. The first-order chi connectivity index (χ1) is 17.4. The van der Waals surface area contributed by atoms with Crippen molar-refractivity contribution in [3.8, 4) is 0 Å². The monoisotopic (exact) mass is 490 g/mol. The van der Waals surface area contributed by atoms with Crippen LogP contribution in [0.3, 0.4) is 0 Å². The van der Waals surface area contributed by atoms with Gasteiger partial charge in [-0.2, -0.15) is 0 Å². The molecule has 3 aromatic rings. The molecule has 2 fully saturated rings. The zero-order valence-corrected chi connectivity index (χ0v) is 21.1. The highest BCUT2D eigenvalue weighted by atomic mass is 19.1. The molecule has 0 unspecified atom stereocenters. The van der Waals surface area contributed by atoms with Crippen molar-refractivity contribution in [3.63, 3.8) is 0 Å². The van der Waals surface area contributed by atoms with E-state index in [0.29, 0.717) is 34.9 Å². The van der Waals surface area contributed by atoms with Crippen LogP contribution in [0.2, 0.25) is 0 Å². The minimum absolute atomic E-state index is 0.0823. The molecule has 3 heterocycles. The number of nitrogens with two attached hydrogens (primary N) is 1. The Morgan fingerprint density at radius 2 is 2.08 bits per heavy atom. The quantitative estimate of drug-likeness (QED) is 0.467. The fraction of sp³-hybridized carbons (Fsp3) is 0.483. The van der Waals surface area contributed by atoms with Gasteiger partial charge in [0.25, 0.3) is 0 Å². The van der Waals surface area contributed by atoms with Crippen molar-refractivity contribution in [3.05, 3.63) is 65.4 Å². The summed E-state index contributed by atoms with van der Waals surface area (Å²) in [5.41, 5.74) is 10.1. The van der Waals surface area contributed by atoms with Crippen LogP contribution in [0.25, 0.3) is 10.9 Å². The fourth-order valence-electron chi connectivity index (χ4n) is 6.26. The lowest BCUT2D eigenvalue weighted by molar-refractivity contribution is 0.0994. The number of methoxy groups -OCH3 is 1. The van der Waals surface area contributed by atoms with Gasteiger partial charge >= 0.3 is 0 Å². The molecule has 36 heavy (non-hydrogen) atoms. The zero-order chi connectivity index (χ0) is 25.2. The molecule has 1 aliphatic carbocycles. The molecule has 1 saturated heterocycles. The summed E-state index contributed by atoms with van der Waals surface area (Å²) in [6.45, 7) is 3.74. The third-order valence-corrected chi connectivity index (χ3v) is 7.86. The van der Waals surface area contributed by atoms with Crippen LogP contribution in [-0.2, 0) is 11.2 Å². The van der Waals surface area contributed by atoms with Gasteiger partial charge in [0.2, 0.25) is 0 Å². The Bertz CT molecular complexity index is 1240. The Morgan fingerprint density at radius 1 is 1.22 bits per heavy atom. The van der Waals surface area contributed by atoms with Gasteiger partial charge in [-0.05, 0) is 79.3 Å². The lowest BCUT2D eigenvalue weighted by Gasteiger charge is -2.32. The van der Waals surface area contributed by atoms with Gasteiger partial charge < -0.3 is 15.4 Å². The molecule has 0 amide bonds. The first-order valence-electron chi connectivity index (χ1n) is 13.0. The topological polar surface area (TPSA) is 81.3 Å². The first kappa shape index (κ1) is 24.8. The van der Waals surface area contributed by atoms with Crippen LogP contribution < -0.4 is 10.6 Å². The van der Waals surface area contributed by atoms with Crippen LogP contribution in [0.4, 0.5) is 10.1 Å². The zero-order valence-electron chi connectivity index (χ0n) is 21.1. The maximum Gasteiger partial charge on any atom is 0.169 e. The molecule has 2 aliphatic rings. The highest BCUT2D eigenvalue weighted by molar-refractivity contribution is 6.08. The summed E-state index contributed by atoms with van der Waals surface area (Å²) in [6.07, 6.45) is 10.6. The second-order valence-electron chi connectivity index (χ2n) is 10.6. The van der Waals surface area contributed by atoms with E-state index in [0.717, 1.165) is 55.5 Å². The van der Waals surface area contributed by atoms with Crippen molar-refractivity contribution in [2.24, 2.45) is 11.7 Å². The summed E-state index contributed by atoms with van der Waals surface area (Å²) in [7, 11) is 1.70. The molecule has 4 atom stereocenters. The summed E-state index contributed by atoms with van der Waals surface area (Å²) in [6, 6.07) is 7.21. The summed E-state index contributed by atoms with van der Waals surface area (Å²) < 4.78 is 20.3. The normalized spacial score (nSPS) is 24.4. The summed E-state index contributed by atoms with van der Waals surface area (Å²) >= 11 is 0. The van der Waals surface area contributed by atoms with Crippen LogP contribution in [0.5, 0.6) is 0 Å². The van der Waals surface area contributed by atoms with E-state index in [4.69, 9.17) is 10.5 Å². The molecule has 0 spiro atoms. The van der Waals surface area contributed by atoms with Gasteiger partial charge in [-0.3, -0.25) is 14.8 Å². The number of anilines is 1. The number of pyridine rings is 2. The van der Waals surface area contributed by atoms with Crippen LogP contribution in [-0.4, -0.2) is 48.1 Å². The number of fused-ring (bicyclic) bond motifs is 1. The SMILES string of the molecule is COC[C@H]1CCCN1c1cnc2c(C(=O)Cc3cnccc3[C@@H]3C[C@H](C)C[C@H](N)C3)ccc(F)c2c1. The Labute approximate surface area is 212 Å². The molecule has 190 valence electrons. The highest BCUT2D eigenvalue weighted by Gasteiger charge is 2.28. The average Bonchev–Trinajstić information content (AvgIpc) is 3.32. The Hall–Kier alpha value is -2.90. The second-order valence-corrected chi connectivity index (χ2v) is 10.6. The number of carbonyl (C=O) groups is 1. The Morgan fingerprint density at radius 3 is 2.89 bits per heavy atom. The van der Waals surface area contributed by atoms with Gasteiger partial charge in [-0.25, -0.2) is 4.39 Å². The van der Waals surface area contributed by atoms with Crippen molar-refractivity contribution in [2.45, 2.75) is 63.5 Å². The number of rotatable bonds is 7. The van der Waals surface area contributed by atoms with Crippen molar-refractivity contribution >= 4 is 22.4 Å². The van der Waals surface area contributed by atoms with E-state index < -0.39 is 0 Å². The van der Waals surface area contributed by atoms with E-state index in [9.17, 15) is 9.18 Å². The predicted molar refractivity (Wildman–Crippen MR) is 140 cm³/mol. The third-order valence-electron chi connectivity index (χ3n) is 7.86. The molecule has 7 heteroatoms. The van der Waals surface area contributed by atoms with Crippen molar-refractivity contribution < 1.29 is 13.9 Å². The molecule has 2 N–H and O–H groups in total. The average molecular weight is 491 g/mol. The van der Waals surface area contributed by atoms with Crippen molar-refractivity contribution in [1.29, 1.82) is 0 Å². The number of nitrogens with zero attached hydrogens (tertiary/aromatic N) is 3. The number of benzene rings is 1. The minimum atomic E-state index is -0.370. The molecule has 0 radical (unpaired) electrons. The second kappa shape index (κ2) is 10.6. The molecule has 1 aliphatic heterocycles. The number of hydrogen-bond donors (Lipinski definition) is 1. The smallest absolute Gasteiger partial charge is 0.169 e. The largest absolute Gasteiger partial charge is 0.383 e. The molecule has 5 rings (SSSR count). The Balaban J connectivity index is 1.44. The third kappa shape index (κ3) is 5.00. The van der Waals surface area contributed by atoms with E-state index >= 15 is 0 Å². The van der Waals surface area contributed by atoms with Crippen LogP contribution >= 0.6 is 0 Å². The molecule has 6 nitrogen and oxygen atoms in total. The maximum absolute atomic E-state index is 14.9. The molecule has 1 aromatic carbocycles. The van der Waals surface area contributed by atoms with E-state index in [1.165, 1.54) is 6.07 Å². The van der Waals surface area contributed by atoms with Gasteiger partial charge in [-0.15, -0.1) is 0 Å². The van der Waals surface area contributed by atoms with E-state index in [1.54, 1.807) is 31.8 Å². The first-order valence-corrected chi connectivity index (χ1v) is 13.0. The number of carbonyl (C=O) groups excluding carboxylic acids is 1. The van der Waals surface area contributed by atoms with Gasteiger partial charge in [0, 0.05) is 49.5 Å². The van der Waals surface area contributed by atoms with E-state index in [-0.39, 0.29) is 30.1 Å². The fourth-order valence-corrected chi connectivity index (χ4v) is 6.26. The van der Waals surface area contributed by atoms with Gasteiger partial charge in [0.15, 0.2) is 5.78 Å². The molecular formula is C29H35FN4O2. The standard InChI is InChI=1S/C29H35FN4O2/c1-18-10-19(12-21(31)11-18)24-7-8-32-15-20(24)13-28(35)25-5-6-27(30)26-14-23(16-33-29(25)26)34-9-3-4-22(34)17-36-2/h5-8,14-16,18-19,21-22H,3-4,9-13,17,31H2,1-2H3/t18-,19+,21-,22+/m0/s1. The number of ketones is 1. The Kier molecular flexibility index (Phi) is 7.30. The summed E-state index contributed by atoms with van der Waals surface area (Å²) in [5.74, 6) is 0.418. The number of ether oxygens (including phenoxy) is 1. The lowest BCUT2D eigenvalue weighted by Crippen LogP contribution is -2.32. The van der Waals surface area contributed by atoms with Gasteiger partial charge in [0.05, 0.1) is 30.0 Å². The van der Waals surface area contributed by atoms with Crippen molar-refractivity contribution in [2.75, 3.05) is 25.2 Å². The molecule has 1 saturated carbocycles. The van der Waals surface area contributed by atoms with Gasteiger partial charge in [0.1, 0.15) is 5.82 Å². The van der Waals surface area contributed by atoms with Crippen LogP contribution in [0.15, 0.2) is 42.9 Å². The number of halogens is 1. The molecular weight excluding hydrogens is 455 g/mol. The number of hydrogen-bond acceptors (Lipinski definition) is 6. The number of Topliss-reactive ketones (excluding diaryl/α,β-unsaturated/α-hetero) is 1. The lowest BCUT2D eigenvalue weighted by atomic mass is 9.75. The summed E-state index contributed by atoms with van der Waals surface area (Å²) in [5, 5.41) is 0.375. The molecule has 0 bridgehead atoms. The van der Waals surface area contributed by atoms with Crippen LogP contribution in [0, 0.1) is 11.7 Å². The summed E-state index contributed by atoms with van der Waals surface area (Å²) in [4.78, 5) is 24.7. The maximum atomic E-state index is 14.9. The van der Waals surface area contributed by atoms with Crippen LogP contribution in [0.1, 0.15) is 66.4 Å². The minimum Gasteiger partial charge on any atom is -0.383 e. The van der Waals surface area contributed by atoms with E-state index in [1.807, 2.05) is 12.1 Å².